The number of carboxylic acids is 1. The van der Waals surface area contributed by atoms with Crippen LogP contribution in [-0.2, 0) is 0 Å². The lowest BCUT2D eigenvalue weighted by Crippen LogP contribution is -2.06. The fourth-order valence-corrected chi connectivity index (χ4v) is 2.27. The summed E-state index contributed by atoms with van der Waals surface area (Å²) in [6.45, 7) is 0. The first-order chi connectivity index (χ1) is 10.6. The van der Waals surface area contributed by atoms with E-state index in [1.54, 1.807) is 12.1 Å². The van der Waals surface area contributed by atoms with Gasteiger partial charge in [0, 0.05) is 5.56 Å². The van der Waals surface area contributed by atoms with Crippen LogP contribution in [0, 0.1) is 0 Å². The Morgan fingerprint density at radius 2 is 1.41 bits per heavy atom. The molecule has 0 spiro atoms. The highest BCUT2D eigenvalue weighted by molar-refractivity contribution is 5.92. The van der Waals surface area contributed by atoms with Crippen molar-refractivity contribution in [2.75, 3.05) is 5.73 Å². The third-order valence-electron chi connectivity index (χ3n) is 3.42. The standard InChI is InChI=1S/C18H14N2O2/c19-15-10-11-16(20-17(15)18(21)22)14-8-6-13(7-9-14)12-4-2-1-3-5-12/h1-11H,19H2,(H,21,22). The van der Waals surface area contributed by atoms with Crippen LogP contribution >= 0.6 is 0 Å². The van der Waals surface area contributed by atoms with E-state index in [4.69, 9.17) is 10.8 Å². The number of benzene rings is 2. The Labute approximate surface area is 127 Å². The fraction of sp³-hybridized carbons (Fsp3) is 0. The largest absolute Gasteiger partial charge is 0.476 e. The molecule has 0 aliphatic rings. The molecule has 3 aromatic rings. The molecule has 0 fully saturated rings. The van der Waals surface area contributed by atoms with Crippen LogP contribution in [0.2, 0.25) is 0 Å². The van der Waals surface area contributed by atoms with E-state index < -0.39 is 5.97 Å². The predicted molar refractivity (Wildman–Crippen MR) is 86.5 cm³/mol. The van der Waals surface area contributed by atoms with E-state index in [1.165, 1.54) is 0 Å². The van der Waals surface area contributed by atoms with Gasteiger partial charge in [-0.1, -0.05) is 54.6 Å². The summed E-state index contributed by atoms with van der Waals surface area (Å²) in [5.41, 5.74) is 9.33. The van der Waals surface area contributed by atoms with Gasteiger partial charge in [-0.15, -0.1) is 0 Å². The molecule has 0 atom stereocenters. The molecule has 3 N–H and O–H groups in total. The SMILES string of the molecule is Nc1ccc(-c2ccc(-c3ccccc3)cc2)nc1C(=O)O. The normalized spacial score (nSPS) is 10.4. The van der Waals surface area contributed by atoms with Gasteiger partial charge >= 0.3 is 5.97 Å². The molecule has 0 aliphatic carbocycles. The van der Waals surface area contributed by atoms with Crippen molar-refractivity contribution in [1.82, 2.24) is 4.98 Å². The van der Waals surface area contributed by atoms with Crippen molar-refractivity contribution in [1.29, 1.82) is 0 Å². The molecule has 22 heavy (non-hydrogen) atoms. The van der Waals surface area contributed by atoms with Crippen LogP contribution in [0.4, 0.5) is 5.69 Å². The van der Waals surface area contributed by atoms with Crippen molar-refractivity contribution in [3.05, 3.63) is 72.4 Å². The van der Waals surface area contributed by atoms with Crippen molar-refractivity contribution in [3.8, 4) is 22.4 Å². The highest BCUT2D eigenvalue weighted by atomic mass is 16.4. The summed E-state index contributed by atoms with van der Waals surface area (Å²) < 4.78 is 0. The number of hydrogen-bond acceptors (Lipinski definition) is 3. The molecule has 0 aliphatic heterocycles. The Balaban J connectivity index is 1.97. The van der Waals surface area contributed by atoms with Gasteiger partial charge < -0.3 is 10.8 Å². The van der Waals surface area contributed by atoms with Crippen molar-refractivity contribution in [3.63, 3.8) is 0 Å². The van der Waals surface area contributed by atoms with Crippen molar-refractivity contribution in [2.24, 2.45) is 0 Å². The van der Waals surface area contributed by atoms with E-state index in [-0.39, 0.29) is 11.4 Å². The molecule has 3 rings (SSSR count). The summed E-state index contributed by atoms with van der Waals surface area (Å²) >= 11 is 0. The van der Waals surface area contributed by atoms with E-state index in [0.29, 0.717) is 5.69 Å². The second-order valence-corrected chi connectivity index (χ2v) is 4.88. The van der Waals surface area contributed by atoms with E-state index in [2.05, 4.69) is 4.98 Å². The van der Waals surface area contributed by atoms with Crippen LogP contribution in [-0.4, -0.2) is 16.1 Å². The Morgan fingerprint density at radius 3 is 2.05 bits per heavy atom. The van der Waals surface area contributed by atoms with Crippen LogP contribution in [0.25, 0.3) is 22.4 Å². The number of hydrogen-bond donors (Lipinski definition) is 2. The average Bonchev–Trinajstić information content (AvgIpc) is 2.56. The van der Waals surface area contributed by atoms with Gasteiger partial charge in [-0.25, -0.2) is 9.78 Å². The Hall–Kier alpha value is -3.14. The van der Waals surface area contributed by atoms with E-state index in [1.807, 2.05) is 54.6 Å². The monoisotopic (exact) mass is 290 g/mol. The van der Waals surface area contributed by atoms with Gasteiger partial charge in [-0.3, -0.25) is 0 Å². The Kier molecular flexibility index (Phi) is 3.58. The van der Waals surface area contributed by atoms with Crippen molar-refractivity contribution >= 4 is 11.7 Å². The summed E-state index contributed by atoms with van der Waals surface area (Å²) in [6, 6.07) is 21.1. The molecular formula is C18H14N2O2. The second-order valence-electron chi connectivity index (χ2n) is 4.88. The van der Waals surface area contributed by atoms with E-state index in [9.17, 15) is 4.79 Å². The molecule has 0 unspecified atom stereocenters. The minimum Gasteiger partial charge on any atom is -0.476 e. The maximum Gasteiger partial charge on any atom is 0.356 e. The first-order valence-electron chi connectivity index (χ1n) is 6.81. The minimum atomic E-state index is -1.12. The minimum absolute atomic E-state index is 0.121. The number of nitrogens with zero attached hydrogens (tertiary/aromatic N) is 1. The number of nitrogen functional groups attached to an aromatic ring is 1. The van der Waals surface area contributed by atoms with Gasteiger partial charge in [0.05, 0.1) is 11.4 Å². The molecule has 0 radical (unpaired) electrons. The smallest absolute Gasteiger partial charge is 0.356 e. The summed E-state index contributed by atoms with van der Waals surface area (Å²) in [4.78, 5) is 15.2. The van der Waals surface area contributed by atoms with Crippen molar-refractivity contribution < 1.29 is 9.90 Å². The number of aromatic carboxylic acids is 1. The van der Waals surface area contributed by atoms with Gasteiger partial charge in [0.25, 0.3) is 0 Å². The lowest BCUT2D eigenvalue weighted by atomic mass is 10.0. The molecule has 4 nitrogen and oxygen atoms in total. The van der Waals surface area contributed by atoms with Crippen LogP contribution in [0.15, 0.2) is 66.7 Å². The average molecular weight is 290 g/mol. The van der Waals surface area contributed by atoms with Gasteiger partial charge in [0.1, 0.15) is 0 Å². The van der Waals surface area contributed by atoms with Crippen molar-refractivity contribution in [2.45, 2.75) is 0 Å². The molecule has 1 aromatic heterocycles. The number of pyridine rings is 1. The molecule has 0 saturated heterocycles. The lowest BCUT2D eigenvalue weighted by Gasteiger charge is -2.06. The zero-order chi connectivity index (χ0) is 15.5. The summed E-state index contributed by atoms with van der Waals surface area (Å²) in [5.74, 6) is -1.12. The number of rotatable bonds is 3. The van der Waals surface area contributed by atoms with Crippen LogP contribution in [0.5, 0.6) is 0 Å². The number of nitrogens with two attached hydrogens (primary N) is 1. The number of carboxylic acid groups (broad SMARTS) is 1. The van der Waals surface area contributed by atoms with Gasteiger partial charge in [0.15, 0.2) is 5.69 Å². The number of aromatic nitrogens is 1. The molecule has 2 aromatic carbocycles. The number of carbonyl (C=O) groups is 1. The van der Waals surface area contributed by atoms with E-state index in [0.717, 1.165) is 16.7 Å². The Morgan fingerprint density at radius 1 is 0.818 bits per heavy atom. The highest BCUT2D eigenvalue weighted by Gasteiger charge is 2.11. The third-order valence-corrected chi connectivity index (χ3v) is 3.42. The summed E-state index contributed by atoms with van der Waals surface area (Å²) in [5, 5.41) is 9.09. The highest BCUT2D eigenvalue weighted by Crippen LogP contribution is 2.25. The Bertz CT molecular complexity index is 812. The molecule has 1 heterocycles. The van der Waals surface area contributed by atoms with Gasteiger partial charge in [-0.2, -0.15) is 0 Å². The molecule has 0 bridgehead atoms. The van der Waals surface area contributed by atoms with Gasteiger partial charge in [0.2, 0.25) is 0 Å². The molecule has 0 amide bonds. The van der Waals surface area contributed by atoms with Gasteiger partial charge in [-0.05, 0) is 23.3 Å². The zero-order valence-electron chi connectivity index (χ0n) is 11.7. The second kappa shape index (κ2) is 5.69. The first-order valence-corrected chi connectivity index (χ1v) is 6.81. The maximum absolute atomic E-state index is 11.1. The van der Waals surface area contributed by atoms with Crippen LogP contribution in [0.1, 0.15) is 10.5 Å². The van der Waals surface area contributed by atoms with Crippen LogP contribution < -0.4 is 5.73 Å². The van der Waals surface area contributed by atoms with Crippen LogP contribution in [0.3, 0.4) is 0 Å². The molecule has 4 heteroatoms. The van der Waals surface area contributed by atoms with E-state index >= 15 is 0 Å². The molecule has 108 valence electrons. The zero-order valence-corrected chi connectivity index (χ0v) is 11.7. The third kappa shape index (κ3) is 2.67. The topological polar surface area (TPSA) is 76.2 Å². The first kappa shape index (κ1) is 13.8. The quantitative estimate of drug-likeness (QED) is 0.771. The number of anilines is 1. The molecular weight excluding hydrogens is 276 g/mol. The summed E-state index contributed by atoms with van der Waals surface area (Å²) in [6.07, 6.45) is 0. The predicted octanol–water partition coefficient (Wildman–Crippen LogP) is 3.70. The maximum atomic E-state index is 11.1. The fourth-order valence-electron chi connectivity index (χ4n) is 2.27. The molecule has 0 saturated carbocycles. The lowest BCUT2D eigenvalue weighted by molar-refractivity contribution is 0.0692. The summed E-state index contributed by atoms with van der Waals surface area (Å²) in [7, 11) is 0.